The van der Waals surface area contributed by atoms with E-state index in [1.165, 1.54) is 12.1 Å². The first-order chi connectivity index (χ1) is 13.6. The van der Waals surface area contributed by atoms with Crippen LogP contribution in [0.5, 0.6) is 0 Å². The molecule has 3 rings (SSSR count). The molecule has 2 saturated heterocycles. The number of piperidine rings is 1. The summed E-state index contributed by atoms with van der Waals surface area (Å²) >= 11 is 6.08. The van der Waals surface area contributed by atoms with Gasteiger partial charge in [0, 0.05) is 50.7 Å². The molecule has 1 amide bonds. The largest absolute Gasteiger partial charge is 0.378 e. The highest BCUT2D eigenvalue weighted by molar-refractivity contribution is 6.31. The van der Waals surface area contributed by atoms with Gasteiger partial charge in [-0.15, -0.1) is 0 Å². The van der Waals surface area contributed by atoms with E-state index in [1.54, 1.807) is 13.1 Å². The maximum absolute atomic E-state index is 13.1. The lowest BCUT2D eigenvalue weighted by Crippen LogP contribution is -2.50. The topological polar surface area (TPSA) is 57.2 Å². The van der Waals surface area contributed by atoms with Gasteiger partial charge in [0.15, 0.2) is 5.96 Å². The predicted molar refractivity (Wildman–Crippen MR) is 108 cm³/mol. The predicted octanol–water partition coefficient (Wildman–Crippen LogP) is 2.17. The van der Waals surface area contributed by atoms with Crippen LogP contribution < -0.4 is 5.32 Å². The van der Waals surface area contributed by atoms with Crippen molar-refractivity contribution in [3.05, 3.63) is 34.6 Å². The van der Waals surface area contributed by atoms with Gasteiger partial charge in [-0.25, -0.2) is 4.39 Å². The van der Waals surface area contributed by atoms with Crippen LogP contribution in [0.3, 0.4) is 0 Å². The number of ether oxygens (including phenoxy) is 1. The van der Waals surface area contributed by atoms with Gasteiger partial charge in [-0.2, -0.15) is 0 Å². The molecule has 0 saturated carbocycles. The van der Waals surface area contributed by atoms with Crippen molar-refractivity contribution in [3.63, 3.8) is 0 Å². The fourth-order valence-corrected chi connectivity index (χ4v) is 4.01. The zero-order valence-electron chi connectivity index (χ0n) is 16.3. The molecule has 0 spiro atoms. The van der Waals surface area contributed by atoms with E-state index < -0.39 is 0 Å². The van der Waals surface area contributed by atoms with Crippen LogP contribution >= 0.6 is 11.6 Å². The summed E-state index contributed by atoms with van der Waals surface area (Å²) in [4.78, 5) is 21.1. The number of aliphatic imine (C=N–C) groups is 1. The summed E-state index contributed by atoms with van der Waals surface area (Å²) in [6.45, 7) is 4.95. The molecule has 0 aromatic heterocycles. The third kappa shape index (κ3) is 5.35. The van der Waals surface area contributed by atoms with Gasteiger partial charge in [-0.3, -0.25) is 9.79 Å². The average Bonchev–Trinajstić information content (AvgIpc) is 2.73. The van der Waals surface area contributed by atoms with Crippen LogP contribution in [0.2, 0.25) is 5.02 Å². The third-order valence-corrected chi connectivity index (χ3v) is 5.72. The SMILES string of the molecule is CN=C(NCCc1ccc(F)cc1Cl)N1CCC(C(=O)N2CCOCC2)CC1. The molecule has 2 aliphatic heterocycles. The zero-order valence-corrected chi connectivity index (χ0v) is 17.1. The van der Waals surface area contributed by atoms with Gasteiger partial charge >= 0.3 is 0 Å². The number of morpholine rings is 1. The summed E-state index contributed by atoms with van der Waals surface area (Å²) in [5, 5.41) is 3.79. The van der Waals surface area contributed by atoms with Crippen LogP contribution in [-0.2, 0) is 16.0 Å². The van der Waals surface area contributed by atoms with E-state index in [9.17, 15) is 9.18 Å². The number of rotatable bonds is 4. The van der Waals surface area contributed by atoms with Gasteiger partial charge < -0.3 is 19.9 Å². The fraction of sp³-hybridized carbons (Fsp3) is 0.600. The van der Waals surface area contributed by atoms with Crippen molar-refractivity contribution in [1.29, 1.82) is 0 Å². The molecule has 2 heterocycles. The molecular formula is C20H28ClFN4O2. The summed E-state index contributed by atoms with van der Waals surface area (Å²) in [7, 11) is 1.76. The van der Waals surface area contributed by atoms with E-state index in [0.717, 1.165) is 37.5 Å². The Labute approximate surface area is 170 Å². The quantitative estimate of drug-likeness (QED) is 0.610. The number of nitrogens with zero attached hydrogens (tertiary/aromatic N) is 3. The normalized spacial score (nSPS) is 19.0. The molecule has 8 heteroatoms. The molecule has 2 aliphatic rings. The minimum atomic E-state index is -0.327. The van der Waals surface area contributed by atoms with E-state index in [-0.39, 0.29) is 17.6 Å². The number of nitrogens with one attached hydrogen (secondary N) is 1. The van der Waals surface area contributed by atoms with Crippen molar-refractivity contribution in [2.75, 3.05) is 53.0 Å². The van der Waals surface area contributed by atoms with E-state index >= 15 is 0 Å². The minimum Gasteiger partial charge on any atom is -0.378 e. The number of likely N-dealkylation sites (tertiary alicyclic amines) is 1. The maximum Gasteiger partial charge on any atom is 0.225 e. The molecule has 2 fully saturated rings. The number of hydrogen-bond acceptors (Lipinski definition) is 3. The van der Waals surface area contributed by atoms with Crippen molar-refractivity contribution in [1.82, 2.24) is 15.1 Å². The molecule has 1 aromatic carbocycles. The number of benzene rings is 1. The standard InChI is InChI=1S/C20H28ClFN4O2/c1-23-20(24-7-4-15-2-3-17(22)14-18(15)21)26-8-5-16(6-9-26)19(27)25-10-12-28-13-11-25/h2-3,14,16H,4-13H2,1H3,(H,23,24). The summed E-state index contributed by atoms with van der Waals surface area (Å²) in [5.41, 5.74) is 0.904. The van der Waals surface area contributed by atoms with Crippen molar-refractivity contribution >= 4 is 23.5 Å². The lowest BCUT2D eigenvalue weighted by atomic mass is 9.95. The van der Waals surface area contributed by atoms with Crippen LogP contribution in [-0.4, -0.2) is 74.7 Å². The lowest BCUT2D eigenvalue weighted by molar-refractivity contribution is -0.140. The van der Waals surface area contributed by atoms with Gasteiger partial charge in [-0.05, 0) is 37.0 Å². The Morgan fingerprint density at radius 3 is 2.61 bits per heavy atom. The number of hydrogen-bond donors (Lipinski definition) is 1. The van der Waals surface area contributed by atoms with Crippen LogP contribution in [0.1, 0.15) is 18.4 Å². The molecule has 0 bridgehead atoms. The first-order valence-electron chi connectivity index (χ1n) is 9.84. The van der Waals surface area contributed by atoms with Crippen molar-refractivity contribution in [2.24, 2.45) is 10.9 Å². The van der Waals surface area contributed by atoms with Crippen molar-refractivity contribution < 1.29 is 13.9 Å². The Bertz CT molecular complexity index is 701. The minimum absolute atomic E-state index is 0.0884. The molecule has 0 radical (unpaired) electrons. The smallest absolute Gasteiger partial charge is 0.225 e. The first-order valence-corrected chi connectivity index (χ1v) is 10.2. The number of carbonyl (C=O) groups excluding carboxylic acids is 1. The molecule has 6 nitrogen and oxygen atoms in total. The second kappa shape index (κ2) is 10.1. The van der Waals surface area contributed by atoms with Crippen molar-refractivity contribution in [2.45, 2.75) is 19.3 Å². The Hall–Kier alpha value is -1.86. The van der Waals surface area contributed by atoms with E-state index in [2.05, 4.69) is 15.2 Å². The van der Waals surface area contributed by atoms with Crippen LogP contribution in [0.15, 0.2) is 23.2 Å². The van der Waals surface area contributed by atoms with E-state index in [0.29, 0.717) is 44.3 Å². The highest BCUT2D eigenvalue weighted by Gasteiger charge is 2.30. The molecule has 0 atom stereocenters. The number of halogens is 2. The second-order valence-electron chi connectivity index (χ2n) is 7.16. The molecule has 0 unspecified atom stereocenters. The van der Waals surface area contributed by atoms with Crippen molar-refractivity contribution in [3.8, 4) is 0 Å². The Kier molecular flexibility index (Phi) is 7.50. The summed E-state index contributed by atoms with van der Waals surface area (Å²) in [5.74, 6) is 0.852. The second-order valence-corrected chi connectivity index (χ2v) is 7.57. The molecule has 1 aromatic rings. The van der Waals surface area contributed by atoms with Gasteiger partial charge in [0.2, 0.25) is 5.91 Å². The first kappa shape index (κ1) is 20.9. The average molecular weight is 411 g/mol. The fourth-order valence-electron chi connectivity index (χ4n) is 3.75. The summed E-state index contributed by atoms with van der Waals surface area (Å²) in [6.07, 6.45) is 2.35. The number of carbonyl (C=O) groups is 1. The van der Waals surface area contributed by atoms with Crippen LogP contribution in [0, 0.1) is 11.7 Å². The maximum atomic E-state index is 13.1. The lowest BCUT2D eigenvalue weighted by Gasteiger charge is -2.36. The van der Waals surface area contributed by atoms with Crippen LogP contribution in [0.4, 0.5) is 4.39 Å². The molecule has 28 heavy (non-hydrogen) atoms. The highest BCUT2D eigenvalue weighted by atomic mass is 35.5. The van der Waals surface area contributed by atoms with E-state index in [1.807, 2.05) is 4.90 Å². The Balaban J connectivity index is 1.45. The monoisotopic (exact) mass is 410 g/mol. The summed E-state index contributed by atoms with van der Waals surface area (Å²) in [6, 6.07) is 4.47. The van der Waals surface area contributed by atoms with Gasteiger partial charge in [0.05, 0.1) is 13.2 Å². The van der Waals surface area contributed by atoms with Gasteiger partial charge in [-0.1, -0.05) is 17.7 Å². The van der Waals surface area contributed by atoms with Gasteiger partial charge in [0.1, 0.15) is 5.82 Å². The molecule has 154 valence electrons. The molecule has 1 N–H and O–H groups in total. The Morgan fingerprint density at radius 2 is 1.96 bits per heavy atom. The highest BCUT2D eigenvalue weighted by Crippen LogP contribution is 2.21. The third-order valence-electron chi connectivity index (χ3n) is 5.37. The number of guanidine groups is 1. The summed E-state index contributed by atoms with van der Waals surface area (Å²) < 4.78 is 18.5. The van der Waals surface area contributed by atoms with Crippen LogP contribution in [0.25, 0.3) is 0 Å². The molecular weight excluding hydrogens is 383 g/mol. The Morgan fingerprint density at radius 1 is 1.25 bits per heavy atom. The van der Waals surface area contributed by atoms with Gasteiger partial charge in [0.25, 0.3) is 0 Å². The molecule has 0 aliphatic carbocycles. The van der Waals surface area contributed by atoms with E-state index in [4.69, 9.17) is 16.3 Å². The zero-order chi connectivity index (χ0) is 19.9. The number of amides is 1.